The lowest BCUT2D eigenvalue weighted by Crippen LogP contribution is -2.37. The molecule has 2 bridgehead atoms. The van der Waals surface area contributed by atoms with Gasteiger partial charge in [0.25, 0.3) is 5.56 Å². The van der Waals surface area contributed by atoms with Crippen molar-refractivity contribution in [3.63, 3.8) is 0 Å². The molecule has 0 fully saturated rings. The molecule has 3 heterocycles. The first-order valence-corrected chi connectivity index (χ1v) is 4.64. The Morgan fingerprint density at radius 3 is 2.64 bits per heavy atom. The Balaban J connectivity index is 2.32. The van der Waals surface area contributed by atoms with Crippen LogP contribution in [-0.4, -0.2) is 4.57 Å². The van der Waals surface area contributed by atoms with Crippen molar-refractivity contribution in [3.8, 4) is 0 Å². The highest BCUT2D eigenvalue weighted by Crippen LogP contribution is 2.21. The highest BCUT2D eigenvalue weighted by Gasteiger charge is 2.20. The highest BCUT2D eigenvalue weighted by molar-refractivity contribution is 5.67. The van der Waals surface area contributed by atoms with Crippen molar-refractivity contribution in [1.82, 2.24) is 4.57 Å². The second kappa shape index (κ2) is 2.58. The number of allylic oxidation sites excluding steroid dienone is 4. The first-order chi connectivity index (χ1) is 6.86. The smallest absolute Gasteiger partial charge is 0.256 e. The van der Waals surface area contributed by atoms with Crippen LogP contribution in [0.1, 0.15) is 16.8 Å². The Morgan fingerprint density at radius 2 is 1.86 bits per heavy atom. The maximum atomic E-state index is 11.4. The van der Waals surface area contributed by atoms with Gasteiger partial charge in [-0.25, -0.2) is 0 Å². The molecule has 0 radical (unpaired) electrons. The van der Waals surface area contributed by atoms with Crippen LogP contribution in [0.5, 0.6) is 0 Å². The van der Waals surface area contributed by atoms with Gasteiger partial charge in [0.05, 0.1) is 12.2 Å². The molecule has 14 heavy (non-hydrogen) atoms. The lowest BCUT2D eigenvalue weighted by molar-refractivity contribution is 0.649. The third-order valence-electron chi connectivity index (χ3n) is 2.63. The highest BCUT2D eigenvalue weighted by atomic mass is 16.1. The topological polar surface area (TPSA) is 22.0 Å². The molecule has 0 saturated carbocycles. The fraction of sp³-hybridized carbons (Fsp3) is 0.0833. The fourth-order valence-electron chi connectivity index (χ4n) is 1.87. The monoisotopic (exact) mass is 183 g/mol. The van der Waals surface area contributed by atoms with Crippen LogP contribution < -0.4 is 5.56 Å². The van der Waals surface area contributed by atoms with Crippen LogP contribution in [0.2, 0.25) is 0 Å². The van der Waals surface area contributed by atoms with Crippen LogP contribution in [-0.2, 0) is 6.54 Å². The van der Waals surface area contributed by atoms with Crippen molar-refractivity contribution in [3.05, 3.63) is 57.5 Å². The Bertz CT molecular complexity index is 544. The molecule has 1 aromatic rings. The molecule has 0 spiro atoms. The van der Waals surface area contributed by atoms with Crippen LogP contribution >= 0.6 is 0 Å². The predicted molar refractivity (Wildman–Crippen MR) is 57.0 cm³/mol. The molecule has 0 aromatic carbocycles. The maximum absolute atomic E-state index is 11.4. The zero-order chi connectivity index (χ0) is 9.54. The molecule has 0 unspecified atom stereocenters. The molecule has 1 aromatic heterocycles. The minimum atomic E-state index is 0.159. The SMILES string of the molecule is O=c1c2cc3c(n1C2)\C=C/C=C\C=C/3. The lowest BCUT2D eigenvalue weighted by Gasteiger charge is -2.22. The van der Waals surface area contributed by atoms with Gasteiger partial charge in [-0.1, -0.05) is 30.4 Å². The van der Waals surface area contributed by atoms with Gasteiger partial charge in [0.1, 0.15) is 0 Å². The molecule has 0 atom stereocenters. The van der Waals surface area contributed by atoms with Gasteiger partial charge in [-0.05, 0) is 17.7 Å². The third-order valence-corrected chi connectivity index (χ3v) is 2.63. The zero-order valence-corrected chi connectivity index (χ0v) is 7.60. The van der Waals surface area contributed by atoms with Gasteiger partial charge in [0.15, 0.2) is 0 Å². The lowest BCUT2D eigenvalue weighted by atomic mass is 10.0. The van der Waals surface area contributed by atoms with Crippen molar-refractivity contribution in [2.75, 3.05) is 0 Å². The standard InChI is InChI=1S/C12H9NO/c14-12-10-7-9-5-3-1-2-4-6-11(9)13(12)8-10/h1-7H,8H2/b2-1-,3-1?,4-2?,5-3-,6-4-,9-5?,11-6?. The van der Waals surface area contributed by atoms with Crippen molar-refractivity contribution >= 4 is 12.2 Å². The largest absolute Gasteiger partial charge is 0.303 e. The fourth-order valence-corrected chi connectivity index (χ4v) is 1.87. The van der Waals surface area contributed by atoms with E-state index in [1.54, 1.807) is 0 Å². The van der Waals surface area contributed by atoms with E-state index in [0.29, 0.717) is 0 Å². The quantitative estimate of drug-likeness (QED) is 0.610. The Kier molecular flexibility index (Phi) is 1.39. The van der Waals surface area contributed by atoms with Gasteiger partial charge in [-0.15, -0.1) is 0 Å². The van der Waals surface area contributed by atoms with Crippen LogP contribution in [0.3, 0.4) is 0 Å². The molecule has 0 saturated heterocycles. The zero-order valence-electron chi connectivity index (χ0n) is 7.60. The summed E-state index contributed by atoms with van der Waals surface area (Å²) in [5, 5.41) is 0. The first-order valence-electron chi connectivity index (χ1n) is 4.64. The Hall–Kier alpha value is -1.83. The van der Waals surface area contributed by atoms with Gasteiger partial charge in [-0.2, -0.15) is 0 Å². The maximum Gasteiger partial charge on any atom is 0.256 e. The summed E-state index contributed by atoms with van der Waals surface area (Å²) in [6.45, 7) is 0.777. The van der Waals surface area contributed by atoms with Crippen LogP contribution in [0.4, 0.5) is 0 Å². The third kappa shape index (κ3) is 0.880. The summed E-state index contributed by atoms with van der Waals surface area (Å²) in [5.74, 6) is 0. The Labute approximate surface area is 81.5 Å². The van der Waals surface area contributed by atoms with E-state index in [9.17, 15) is 4.79 Å². The molecular formula is C12H9NO. The summed E-state index contributed by atoms with van der Waals surface area (Å²) in [6, 6.07) is 1.98. The molecule has 2 nitrogen and oxygen atoms in total. The van der Waals surface area contributed by atoms with E-state index in [0.717, 1.165) is 23.4 Å². The molecular weight excluding hydrogens is 174 g/mol. The number of nitrogens with zero attached hydrogens (tertiary/aromatic N) is 1. The molecule has 3 aliphatic rings. The van der Waals surface area contributed by atoms with Crippen molar-refractivity contribution in [2.24, 2.45) is 0 Å². The second-order valence-corrected chi connectivity index (χ2v) is 3.50. The molecule has 2 heteroatoms. The molecule has 0 amide bonds. The minimum absolute atomic E-state index is 0.159. The van der Waals surface area contributed by atoms with Gasteiger partial charge in [0, 0.05) is 5.56 Å². The van der Waals surface area contributed by atoms with E-state index in [4.69, 9.17) is 0 Å². The van der Waals surface area contributed by atoms with Crippen LogP contribution in [0, 0.1) is 0 Å². The van der Waals surface area contributed by atoms with Crippen molar-refractivity contribution < 1.29 is 0 Å². The molecule has 68 valence electrons. The number of hydrogen-bond donors (Lipinski definition) is 0. The average molecular weight is 183 g/mol. The van der Waals surface area contributed by atoms with E-state index >= 15 is 0 Å². The van der Waals surface area contributed by atoms with Gasteiger partial charge in [-0.3, -0.25) is 4.79 Å². The van der Waals surface area contributed by atoms with Crippen molar-refractivity contribution in [2.45, 2.75) is 6.54 Å². The van der Waals surface area contributed by atoms with Crippen LogP contribution in [0.15, 0.2) is 35.2 Å². The average Bonchev–Trinajstić information content (AvgIpc) is 2.17. The normalized spacial score (nSPS) is 22.6. The number of pyridine rings is 1. The summed E-state index contributed by atoms with van der Waals surface area (Å²) in [4.78, 5) is 11.4. The van der Waals surface area contributed by atoms with E-state index < -0.39 is 0 Å². The second-order valence-electron chi connectivity index (χ2n) is 3.50. The molecule has 4 rings (SSSR count). The summed E-state index contributed by atoms with van der Waals surface area (Å²) in [7, 11) is 0. The van der Waals surface area contributed by atoms with Crippen molar-refractivity contribution in [1.29, 1.82) is 0 Å². The number of hydrogen-bond acceptors (Lipinski definition) is 1. The summed E-state index contributed by atoms with van der Waals surface area (Å²) in [6.07, 6.45) is 11.9. The van der Waals surface area contributed by atoms with E-state index in [2.05, 4.69) is 0 Å². The molecule has 2 aliphatic heterocycles. The van der Waals surface area contributed by atoms with E-state index in [1.807, 2.05) is 47.1 Å². The summed E-state index contributed by atoms with van der Waals surface area (Å²) >= 11 is 0. The van der Waals surface area contributed by atoms with Crippen LogP contribution in [0.25, 0.3) is 12.2 Å². The summed E-state index contributed by atoms with van der Waals surface area (Å²) < 4.78 is 1.81. The Morgan fingerprint density at radius 1 is 1.07 bits per heavy atom. The summed E-state index contributed by atoms with van der Waals surface area (Å²) in [5.41, 5.74) is 3.23. The molecule has 0 N–H and O–H groups in total. The van der Waals surface area contributed by atoms with Gasteiger partial charge >= 0.3 is 0 Å². The van der Waals surface area contributed by atoms with E-state index in [-0.39, 0.29) is 5.56 Å². The van der Waals surface area contributed by atoms with E-state index in [1.165, 1.54) is 0 Å². The minimum Gasteiger partial charge on any atom is -0.303 e. The number of aromatic nitrogens is 1. The predicted octanol–water partition coefficient (Wildman–Crippen LogP) is 1.81. The van der Waals surface area contributed by atoms with Gasteiger partial charge < -0.3 is 4.57 Å². The van der Waals surface area contributed by atoms with Gasteiger partial charge in [0.2, 0.25) is 0 Å². The molecule has 1 aliphatic carbocycles. The number of rotatable bonds is 0. The first kappa shape index (κ1) is 7.56.